The summed E-state index contributed by atoms with van der Waals surface area (Å²) in [4.78, 5) is 4.23. The second-order valence-corrected chi connectivity index (χ2v) is 2.48. The van der Waals surface area contributed by atoms with Crippen molar-refractivity contribution in [2.24, 2.45) is 0 Å². The van der Waals surface area contributed by atoms with Gasteiger partial charge < -0.3 is 4.42 Å². The van der Waals surface area contributed by atoms with Gasteiger partial charge in [0, 0.05) is 6.92 Å². The van der Waals surface area contributed by atoms with E-state index in [1.807, 2.05) is 26.8 Å². The molecule has 1 aromatic rings. The van der Waals surface area contributed by atoms with Gasteiger partial charge in [0.25, 0.3) is 0 Å². The summed E-state index contributed by atoms with van der Waals surface area (Å²) in [6.07, 6.45) is 6.24. The topological polar surface area (TPSA) is 26.0 Å². The highest BCUT2D eigenvalue weighted by atomic mass is 16.4. The highest BCUT2D eigenvalue weighted by Crippen LogP contribution is 2.18. The molecule has 0 bridgehead atoms. The first-order valence-corrected chi connectivity index (χ1v) is 4.49. The van der Waals surface area contributed by atoms with Crippen molar-refractivity contribution in [1.82, 2.24) is 4.98 Å². The lowest BCUT2D eigenvalue weighted by Crippen LogP contribution is -1.90. The van der Waals surface area contributed by atoms with Gasteiger partial charge in [-0.05, 0) is 18.9 Å². The maximum Gasteiger partial charge on any atom is 0.192 e. The van der Waals surface area contributed by atoms with E-state index in [9.17, 15) is 0 Å². The molecule has 0 saturated carbocycles. The highest BCUT2D eigenvalue weighted by molar-refractivity contribution is 5.48. The van der Waals surface area contributed by atoms with Crippen LogP contribution in [-0.4, -0.2) is 4.98 Å². The first kappa shape index (κ1) is 9.04. The number of rotatable bonds is 0. The van der Waals surface area contributed by atoms with Gasteiger partial charge in [0.15, 0.2) is 5.89 Å². The number of aromatic nitrogens is 1. The normalized spacial score (nSPS) is 13.2. The van der Waals surface area contributed by atoms with Crippen molar-refractivity contribution in [2.75, 3.05) is 0 Å². The quantitative estimate of drug-likeness (QED) is 0.590. The summed E-state index contributed by atoms with van der Waals surface area (Å²) < 4.78 is 5.31. The standard InChI is InChI=1S/C8H9NO.C2H6/c1-6-9-7-4-2-3-5-8(7)10-6;1-2/h3,5H,2,4H2,1H3;1-2H3. The molecule has 2 heteroatoms. The van der Waals surface area contributed by atoms with Gasteiger partial charge in [-0.25, -0.2) is 4.98 Å². The smallest absolute Gasteiger partial charge is 0.192 e. The second kappa shape index (κ2) is 4.10. The van der Waals surface area contributed by atoms with E-state index in [-0.39, 0.29) is 0 Å². The van der Waals surface area contributed by atoms with Crippen molar-refractivity contribution >= 4 is 6.08 Å². The van der Waals surface area contributed by atoms with E-state index in [1.165, 1.54) is 0 Å². The van der Waals surface area contributed by atoms with Gasteiger partial charge in [0.2, 0.25) is 0 Å². The molecule has 0 saturated heterocycles. The molecule has 0 amide bonds. The summed E-state index contributed by atoms with van der Waals surface area (Å²) in [5, 5.41) is 0. The molecule has 0 spiro atoms. The summed E-state index contributed by atoms with van der Waals surface area (Å²) in [5.74, 6) is 1.72. The first-order chi connectivity index (χ1) is 5.86. The average molecular weight is 165 g/mol. The molecule has 66 valence electrons. The molecule has 2 nitrogen and oxygen atoms in total. The van der Waals surface area contributed by atoms with E-state index < -0.39 is 0 Å². The van der Waals surface area contributed by atoms with Crippen LogP contribution in [0.25, 0.3) is 6.08 Å². The Morgan fingerprint density at radius 2 is 2.17 bits per heavy atom. The zero-order valence-electron chi connectivity index (χ0n) is 7.92. The van der Waals surface area contributed by atoms with Crippen molar-refractivity contribution in [1.29, 1.82) is 0 Å². The Hall–Kier alpha value is -1.05. The Morgan fingerprint density at radius 1 is 1.42 bits per heavy atom. The molecule has 1 aromatic heterocycles. The van der Waals surface area contributed by atoms with Crippen molar-refractivity contribution in [2.45, 2.75) is 33.6 Å². The predicted octanol–water partition coefficient (Wildman–Crippen LogP) is 2.97. The van der Waals surface area contributed by atoms with E-state index in [1.54, 1.807) is 0 Å². The van der Waals surface area contributed by atoms with Crippen LogP contribution in [-0.2, 0) is 6.42 Å². The summed E-state index contributed by atoms with van der Waals surface area (Å²) in [5.41, 5.74) is 1.11. The van der Waals surface area contributed by atoms with Crippen LogP contribution in [0.4, 0.5) is 0 Å². The molecule has 0 N–H and O–H groups in total. The zero-order valence-corrected chi connectivity index (χ0v) is 7.92. The van der Waals surface area contributed by atoms with Crippen LogP contribution in [0.5, 0.6) is 0 Å². The third kappa shape index (κ3) is 1.76. The van der Waals surface area contributed by atoms with Gasteiger partial charge in [-0.1, -0.05) is 19.9 Å². The molecule has 0 atom stereocenters. The fourth-order valence-corrected chi connectivity index (χ4v) is 1.21. The Balaban J connectivity index is 0.000000336. The highest BCUT2D eigenvalue weighted by Gasteiger charge is 2.09. The fourth-order valence-electron chi connectivity index (χ4n) is 1.21. The summed E-state index contributed by atoms with van der Waals surface area (Å²) in [6, 6.07) is 0. The number of oxazole rings is 1. The third-order valence-corrected chi connectivity index (χ3v) is 1.65. The lowest BCUT2D eigenvalue weighted by Gasteiger charge is -1.98. The van der Waals surface area contributed by atoms with Gasteiger partial charge in [0.1, 0.15) is 5.76 Å². The monoisotopic (exact) mass is 165 g/mol. The average Bonchev–Trinajstić information content (AvgIpc) is 2.48. The molecule has 0 radical (unpaired) electrons. The lowest BCUT2D eigenvalue weighted by molar-refractivity contribution is 0.511. The number of allylic oxidation sites excluding steroid dienone is 1. The SMILES string of the molecule is CC.Cc1nc2c(o1)C=CCC2. The van der Waals surface area contributed by atoms with Crippen molar-refractivity contribution in [3.05, 3.63) is 23.4 Å². The number of hydrogen-bond donors (Lipinski definition) is 0. The molecule has 0 aliphatic heterocycles. The molecular weight excluding hydrogens is 150 g/mol. The molecule has 1 heterocycles. The maximum absolute atomic E-state index is 5.31. The largest absolute Gasteiger partial charge is 0.441 e. The van der Waals surface area contributed by atoms with Gasteiger partial charge >= 0.3 is 0 Å². The van der Waals surface area contributed by atoms with Crippen LogP contribution in [0.3, 0.4) is 0 Å². The van der Waals surface area contributed by atoms with Crippen molar-refractivity contribution in [3.8, 4) is 0 Å². The fraction of sp³-hybridized carbons (Fsp3) is 0.500. The van der Waals surface area contributed by atoms with Gasteiger partial charge in [-0.15, -0.1) is 0 Å². The molecule has 0 fully saturated rings. The Bertz CT molecular complexity index is 273. The van der Waals surface area contributed by atoms with Crippen LogP contribution < -0.4 is 0 Å². The van der Waals surface area contributed by atoms with Crippen LogP contribution in [0.1, 0.15) is 37.6 Å². The molecule has 12 heavy (non-hydrogen) atoms. The van der Waals surface area contributed by atoms with Crippen LogP contribution >= 0.6 is 0 Å². The minimum Gasteiger partial charge on any atom is -0.441 e. The van der Waals surface area contributed by atoms with Crippen LogP contribution in [0, 0.1) is 6.92 Å². The van der Waals surface area contributed by atoms with E-state index in [2.05, 4.69) is 11.1 Å². The van der Waals surface area contributed by atoms with Crippen LogP contribution in [0.15, 0.2) is 10.5 Å². The summed E-state index contributed by atoms with van der Waals surface area (Å²) in [7, 11) is 0. The number of nitrogens with zero attached hydrogens (tertiary/aromatic N) is 1. The van der Waals surface area contributed by atoms with Gasteiger partial charge in [0.05, 0.1) is 5.69 Å². The molecular formula is C10H15NO. The van der Waals surface area contributed by atoms with Crippen LogP contribution in [0.2, 0.25) is 0 Å². The van der Waals surface area contributed by atoms with Crippen molar-refractivity contribution in [3.63, 3.8) is 0 Å². The zero-order chi connectivity index (χ0) is 8.97. The maximum atomic E-state index is 5.31. The predicted molar refractivity (Wildman–Crippen MR) is 49.9 cm³/mol. The Kier molecular flexibility index (Phi) is 3.09. The van der Waals surface area contributed by atoms with Gasteiger partial charge in [-0.2, -0.15) is 0 Å². The molecule has 1 aliphatic rings. The summed E-state index contributed by atoms with van der Waals surface area (Å²) >= 11 is 0. The lowest BCUT2D eigenvalue weighted by atomic mass is 10.1. The minimum absolute atomic E-state index is 0.775. The van der Waals surface area contributed by atoms with E-state index in [0.29, 0.717) is 0 Å². The second-order valence-electron chi connectivity index (χ2n) is 2.48. The minimum atomic E-state index is 0.775. The number of aryl methyl sites for hydroxylation is 2. The Morgan fingerprint density at radius 3 is 2.83 bits per heavy atom. The molecule has 1 aliphatic carbocycles. The van der Waals surface area contributed by atoms with Crippen molar-refractivity contribution < 1.29 is 4.42 Å². The molecule has 0 unspecified atom stereocenters. The molecule has 0 aromatic carbocycles. The third-order valence-electron chi connectivity index (χ3n) is 1.65. The van der Waals surface area contributed by atoms with E-state index >= 15 is 0 Å². The summed E-state index contributed by atoms with van der Waals surface area (Å²) in [6.45, 7) is 5.88. The molecule has 2 rings (SSSR count). The van der Waals surface area contributed by atoms with E-state index in [0.717, 1.165) is 30.2 Å². The number of fused-ring (bicyclic) bond motifs is 1. The van der Waals surface area contributed by atoms with E-state index in [4.69, 9.17) is 4.42 Å². The number of hydrogen-bond acceptors (Lipinski definition) is 2. The first-order valence-electron chi connectivity index (χ1n) is 4.49. The van der Waals surface area contributed by atoms with Gasteiger partial charge in [-0.3, -0.25) is 0 Å². The Labute approximate surface area is 73.3 Å².